The molecule has 5 heterocycles. The van der Waals surface area contributed by atoms with Gasteiger partial charge >= 0.3 is 0 Å². The van der Waals surface area contributed by atoms with Gasteiger partial charge in [-0.2, -0.15) is 5.10 Å². The maximum atomic E-state index is 6.41. The van der Waals surface area contributed by atoms with E-state index in [0.29, 0.717) is 34.7 Å². The van der Waals surface area contributed by atoms with Crippen molar-refractivity contribution < 1.29 is 9.15 Å². The molecule has 1 aliphatic heterocycles. The molecule has 9 heteroatoms. The smallest absolute Gasteiger partial charge is 0.230 e. The summed E-state index contributed by atoms with van der Waals surface area (Å²) in [6, 6.07) is 21.4. The lowest BCUT2D eigenvalue weighted by Crippen LogP contribution is -2.15. The fourth-order valence-corrected chi connectivity index (χ4v) is 4.90. The van der Waals surface area contributed by atoms with Crippen molar-refractivity contribution in [3.63, 3.8) is 0 Å². The van der Waals surface area contributed by atoms with Gasteiger partial charge in [0.15, 0.2) is 11.5 Å². The topological polar surface area (TPSA) is 83.3 Å². The van der Waals surface area contributed by atoms with Crippen LogP contribution >= 0.6 is 11.6 Å². The normalized spacial score (nSPS) is 14.4. The average Bonchev–Trinajstić information content (AvgIpc) is 3.63. The van der Waals surface area contributed by atoms with Gasteiger partial charge < -0.3 is 9.15 Å². The van der Waals surface area contributed by atoms with E-state index in [1.165, 1.54) is 0 Å². The van der Waals surface area contributed by atoms with Crippen LogP contribution in [-0.4, -0.2) is 29.4 Å². The number of furan rings is 1. The lowest BCUT2D eigenvalue weighted by molar-refractivity contribution is 0.392. The first-order valence-corrected chi connectivity index (χ1v) is 11.9. The van der Waals surface area contributed by atoms with E-state index in [1.54, 1.807) is 21.8 Å². The van der Waals surface area contributed by atoms with Crippen LogP contribution in [0.5, 0.6) is 11.8 Å². The SMILES string of the molecule is Cc1nn(-c2ccc(Cl)cc2)c2c1C(c1ccco1)c1c(ncn3nc(Cc4ccccc4)nc13)O2. The second kappa shape index (κ2) is 8.07. The van der Waals surface area contributed by atoms with E-state index in [9.17, 15) is 0 Å². The molecule has 0 amide bonds. The predicted octanol–water partition coefficient (Wildman–Crippen LogP) is 5.74. The Labute approximate surface area is 210 Å². The first-order valence-electron chi connectivity index (χ1n) is 11.5. The lowest BCUT2D eigenvalue weighted by Gasteiger charge is -2.24. The molecule has 2 aromatic carbocycles. The van der Waals surface area contributed by atoms with Crippen molar-refractivity contribution in [2.45, 2.75) is 19.3 Å². The Bertz CT molecular complexity index is 1710. The number of hydrogen-bond donors (Lipinski definition) is 0. The van der Waals surface area contributed by atoms with E-state index in [1.807, 2.05) is 61.5 Å². The molecule has 1 unspecified atom stereocenters. The van der Waals surface area contributed by atoms with Crippen molar-refractivity contribution in [1.29, 1.82) is 0 Å². The molecule has 0 fully saturated rings. The molecular weight excluding hydrogens is 476 g/mol. The Hall–Kier alpha value is -4.43. The molecule has 0 bridgehead atoms. The van der Waals surface area contributed by atoms with Gasteiger partial charge in [0, 0.05) is 11.4 Å². The summed E-state index contributed by atoms with van der Waals surface area (Å²) >= 11 is 6.12. The van der Waals surface area contributed by atoms with Crippen molar-refractivity contribution in [2.75, 3.05) is 0 Å². The van der Waals surface area contributed by atoms with Crippen molar-refractivity contribution in [3.05, 3.63) is 118 Å². The molecule has 7 rings (SSSR count). The fourth-order valence-electron chi connectivity index (χ4n) is 4.77. The van der Waals surface area contributed by atoms with Gasteiger partial charge in [0.2, 0.25) is 11.8 Å². The summed E-state index contributed by atoms with van der Waals surface area (Å²) in [5.74, 6) is 2.18. The van der Waals surface area contributed by atoms with Crippen LogP contribution in [0.4, 0.5) is 0 Å². The Morgan fingerprint density at radius 1 is 0.944 bits per heavy atom. The van der Waals surface area contributed by atoms with Crippen molar-refractivity contribution >= 4 is 17.2 Å². The third-order valence-electron chi connectivity index (χ3n) is 6.37. The fraction of sp³-hybridized carbons (Fsp3) is 0.111. The molecule has 1 atom stereocenters. The van der Waals surface area contributed by atoms with Gasteiger partial charge in [-0.05, 0) is 48.9 Å². The summed E-state index contributed by atoms with van der Waals surface area (Å²) < 4.78 is 15.8. The molecule has 36 heavy (non-hydrogen) atoms. The average molecular weight is 495 g/mol. The Kier molecular flexibility index (Phi) is 4.68. The van der Waals surface area contributed by atoms with Gasteiger partial charge in [0.25, 0.3) is 0 Å². The standard InChI is InChI=1S/C27H19ClN6O2/c1-16-22-23(20-8-5-13-35-20)24-25-30-21(14-17-6-3-2-4-7-17)32-33(25)15-29-26(24)36-27(22)34(31-16)19-11-9-18(28)10-12-19/h2-13,15,23H,14H2,1H3. The quantitative estimate of drug-likeness (QED) is 0.310. The summed E-state index contributed by atoms with van der Waals surface area (Å²) in [6.45, 7) is 1.97. The van der Waals surface area contributed by atoms with E-state index < -0.39 is 0 Å². The Morgan fingerprint density at radius 2 is 1.78 bits per heavy atom. The highest BCUT2D eigenvalue weighted by Gasteiger charge is 2.39. The summed E-state index contributed by atoms with van der Waals surface area (Å²) in [4.78, 5) is 9.53. The van der Waals surface area contributed by atoms with Gasteiger partial charge in [-0.25, -0.2) is 19.2 Å². The molecule has 4 aromatic heterocycles. The first-order chi connectivity index (χ1) is 17.7. The van der Waals surface area contributed by atoms with Gasteiger partial charge in [0.05, 0.1) is 34.7 Å². The number of hydrogen-bond acceptors (Lipinski definition) is 6. The number of fused-ring (bicyclic) bond motifs is 4. The van der Waals surface area contributed by atoms with Crippen LogP contribution in [0.2, 0.25) is 5.02 Å². The molecule has 0 spiro atoms. The van der Waals surface area contributed by atoms with E-state index in [-0.39, 0.29) is 5.92 Å². The van der Waals surface area contributed by atoms with Crippen LogP contribution in [0.25, 0.3) is 11.3 Å². The van der Waals surface area contributed by atoms with Gasteiger partial charge in [0.1, 0.15) is 12.1 Å². The van der Waals surface area contributed by atoms with E-state index in [2.05, 4.69) is 17.1 Å². The zero-order chi connectivity index (χ0) is 24.2. The maximum Gasteiger partial charge on any atom is 0.230 e. The first kappa shape index (κ1) is 20.9. The molecule has 6 aromatic rings. The van der Waals surface area contributed by atoms with Gasteiger partial charge in [-0.15, -0.1) is 5.10 Å². The number of nitrogens with zero attached hydrogens (tertiary/aromatic N) is 6. The lowest BCUT2D eigenvalue weighted by atomic mass is 9.88. The highest BCUT2D eigenvalue weighted by atomic mass is 35.5. The van der Waals surface area contributed by atoms with E-state index >= 15 is 0 Å². The Balaban J connectivity index is 1.42. The zero-order valence-corrected chi connectivity index (χ0v) is 19.9. The number of halogens is 1. The number of benzene rings is 2. The molecule has 1 aliphatic rings. The van der Waals surface area contributed by atoms with E-state index in [0.717, 1.165) is 33.8 Å². The third kappa shape index (κ3) is 3.30. The van der Waals surface area contributed by atoms with E-state index in [4.69, 9.17) is 35.9 Å². The van der Waals surface area contributed by atoms with Crippen LogP contribution in [0.1, 0.15) is 39.9 Å². The highest BCUT2D eigenvalue weighted by molar-refractivity contribution is 6.30. The molecular formula is C27H19ClN6O2. The molecule has 8 nitrogen and oxygen atoms in total. The predicted molar refractivity (Wildman–Crippen MR) is 133 cm³/mol. The number of aromatic nitrogens is 6. The molecule has 0 saturated heterocycles. The summed E-state index contributed by atoms with van der Waals surface area (Å²) in [6.07, 6.45) is 3.92. The number of aryl methyl sites for hydroxylation is 1. The van der Waals surface area contributed by atoms with Crippen LogP contribution < -0.4 is 4.74 Å². The maximum absolute atomic E-state index is 6.41. The number of ether oxygens (including phenoxy) is 1. The minimum absolute atomic E-state index is 0.315. The second-order valence-electron chi connectivity index (χ2n) is 8.66. The molecule has 0 saturated carbocycles. The van der Waals surface area contributed by atoms with Gasteiger partial charge in [-0.1, -0.05) is 41.9 Å². The molecule has 0 radical (unpaired) electrons. The third-order valence-corrected chi connectivity index (χ3v) is 6.62. The van der Waals surface area contributed by atoms with Crippen molar-refractivity contribution in [2.24, 2.45) is 0 Å². The zero-order valence-electron chi connectivity index (χ0n) is 19.2. The van der Waals surface area contributed by atoms with Crippen LogP contribution in [0.3, 0.4) is 0 Å². The second-order valence-corrected chi connectivity index (χ2v) is 9.10. The summed E-state index contributed by atoms with van der Waals surface area (Å²) in [5, 5.41) is 10.2. The van der Waals surface area contributed by atoms with Crippen LogP contribution in [0, 0.1) is 6.92 Å². The molecule has 0 N–H and O–H groups in total. The minimum atomic E-state index is -0.315. The molecule has 0 aliphatic carbocycles. The minimum Gasteiger partial charge on any atom is -0.468 e. The largest absolute Gasteiger partial charge is 0.468 e. The van der Waals surface area contributed by atoms with Crippen LogP contribution in [0.15, 0.2) is 83.7 Å². The van der Waals surface area contributed by atoms with Crippen molar-refractivity contribution in [3.8, 4) is 17.4 Å². The van der Waals surface area contributed by atoms with Crippen molar-refractivity contribution in [1.82, 2.24) is 29.4 Å². The highest BCUT2D eigenvalue weighted by Crippen LogP contribution is 2.49. The number of rotatable bonds is 4. The van der Waals surface area contributed by atoms with Gasteiger partial charge in [-0.3, -0.25) is 0 Å². The summed E-state index contributed by atoms with van der Waals surface area (Å²) in [7, 11) is 0. The monoisotopic (exact) mass is 494 g/mol. The summed E-state index contributed by atoms with van der Waals surface area (Å²) in [5.41, 5.74) is 5.16. The Morgan fingerprint density at radius 3 is 2.56 bits per heavy atom. The molecule has 176 valence electrons. The van der Waals surface area contributed by atoms with Crippen LogP contribution in [-0.2, 0) is 6.42 Å².